The minimum absolute atomic E-state index is 0.0285. The van der Waals surface area contributed by atoms with E-state index in [-0.39, 0.29) is 52.9 Å². The van der Waals surface area contributed by atoms with Gasteiger partial charge in [0.15, 0.2) is 17.5 Å². The fourth-order valence-electron chi connectivity index (χ4n) is 6.82. The number of fused-ring (bicyclic) bond motifs is 1. The number of nitrogens with one attached hydrogen (secondary N) is 1. The predicted octanol–water partition coefficient (Wildman–Crippen LogP) is 5.53. The summed E-state index contributed by atoms with van der Waals surface area (Å²) in [6.07, 6.45) is 5.75. The number of benzene rings is 3. The minimum atomic E-state index is -1.11. The van der Waals surface area contributed by atoms with Crippen molar-refractivity contribution in [1.29, 1.82) is 0 Å². The van der Waals surface area contributed by atoms with Crippen LogP contribution in [0.3, 0.4) is 0 Å². The Kier molecular flexibility index (Phi) is 9.39. The molecule has 14 heteroatoms. The molecule has 51 heavy (non-hydrogen) atoms. The monoisotopic (exact) mass is 699 g/mol. The number of carbonyl (C=O) groups is 2. The Morgan fingerprint density at radius 3 is 2.37 bits per heavy atom. The fraction of sp³-hybridized carbons (Fsp3) is 0.297. The Bertz CT molecular complexity index is 2120. The lowest BCUT2D eigenvalue weighted by Crippen LogP contribution is -2.49. The molecule has 5 aromatic rings. The third-order valence-electron chi connectivity index (χ3n) is 9.48. The highest BCUT2D eigenvalue weighted by Gasteiger charge is 2.29. The number of anilines is 1. The third-order valence-corrected chi connectivity index (χ3v) is 9.48. The van der Waals surface area contributed by atoms with Crippen molar-refractivity contribution in [2.45, 2.75) is 19.4 Å². The number of H-pyrrole nitrogens is 1. The first-order valence-corrected chi connectivity index (χ1v) is 16.6. The van der Waals surface area contributed by atoms with Crippen LogP contribution < -0.4 is 14.4 Å². The van der Waals surface area contributed by atoms with E-state index in [0.717, 1.165) is 23.6 Å². The number of ether oxygens (including phenoxy) is 2. The van der Waals surface area contributed by atoms with Crippen LogP contribution in [0, 0.1) is 17.5 Å². The summed E-state index contributed by atoms with van der Waals surface area (Å²) < 4.78 is 58.3. The number of nitrogens with zero attached hydrogens (tertiary/aromatic N) is 6. The third kappa shape index (κ3) is 6.60. The number of amides is 2. The van der Waals surface area contributed by atoms with Gasteiger partial charge in [-0.15, -0.1) is 5.10 Å². The number of aryl methyl sites for hydroxylation is 1. The van der Waals surface area contributed by atoms with E-state index >= 15 is 4.39 Å². The molecule has 0 aliphatic carbocycles. The van der Waals surface area contributed by atoms with Crippen molar-refractivity contribution in [3.8, 4) is 22.6 Å². The van der Waals surface area contributed by atoms with Gasteiger partial charge in [0.25, 0.3) is 5.91 Å². The molecule has 0 unspecified atom stereocenters. The lowest BCUT2D eigenvalue weighted by molar-refractivity contribution is -0.131. The van der Waals surface area contributed by atoms with Crippen LogP contribution in [0.4, 0.5) is 18.9 Å². The summed E-state index contributed by atoms with van der Waals surface area (Å²) >= 11 is 0. The number of carbonyl (C=O) groups excluding carboxylic acids is 2. The largest absolute Gasteiger partial charge is 0.496 e. The number of halogens is 3. The Balaban J connectivity index is 1.22. The molecule has 0 bridgehead atoms. The zero-order valence-electron chi connectivity index (χ0n) is 28.2. The van der Waals surface area contributed by atoms with Crippen molar-refractivity contribution in [2.24, 2.45) is 0 Å². The molecule has 0 radical (unpaired) electrons. The van der Waals surface area contributed by atoms with Crippen molar-refractivity contribution in [3.63, 3.8) is 0 Å². The van der Waals surface area contributed by atoms with Gasteiger partial charge in [-0.2, -0.15) is 0 Å². The van der Waals surface area contributed by atoms with Gasteiger partial charge in [-0.25, -0.2) is 13.2 Å². The minimum Gasteiger partial charge on any atom is -0.496 e. The Morgan fingerprint density at radius 1 is 0.863 bits per heavy atom. The normalized spacial score (nSPS) is 14.9. The summed E-state index contributed by atoms with van der Waals surface area (Å²) in [6.45, 7) is 2.89. The van der Waals surface area contributed by atoms with Gasteiger partial charge in [0.2, 0.25) is 5.91 Å². The van der Waals surface area contributed by atoms with E-state index in [1.54, 1.807) is 39.9 Å². The van der Waals surface area contributed by atoms with Crippen molar-refractivity contribution >= 4 is 34.0 Å². The average Bonchev–Trinajstić information content (AvgIpc) is 3.86. The molecule has 1 fully saturated rings. The van der Waals surface area contributed by atoms with E-state index in [1.807, 2.05) is 30.3 Å². The van der Waals surface area contributed by atoms with E-state index in [0.29, 0.717) is 62.2 Å². The molecule has 2 aliphatic heterocycles. The van der Waals surface area contributed by atoms with E-state index in [4.69, 9.17) is 9.47 Å². The maximum Gasteiger partial charge on any atom is 0.270 e. The number of para-hydroxylation sites is 2. The topological polar surface area (TPSA) is 109 Å². The maximum atomic E-state index is 16.7. The van der Waals surface area contributed by atoms with Gasteiger partial charge in [0, 0.05) is 74.5 Å². The molecule has 3 aromatic carbocycles. The highest BCUT2D eigenvalue weighted by molar-refractivity contribution is 6.05. The van der Waals surface area contributed by atoms with Crippen LogP contribution >= 0.6 is 0 Å². The standard InChI is InChI=1S/C37H36F3N7O4/c1-50-32-8-4-3-7-31(32)44-14-16-45(17-15-44)37(49)30-20-27-25(26-19-28(38)29(39)21-33(26)51-2)18-24(35(40)36(27)42-30)23-6-5-11-46(22-23)34(48)9-12-47-13-10-41-43-47/h3-4,6-8,10,13,18-21,42H,5,9,11-12,14-17,22H2,1-2H3. The van der Waals surface area contributed by atoms with Crippen LogP contribution in [0.15, 0.2) is 67.0 Å². The molecule has 11 nitrogen and oxygen atoms in total. The summed E-state index contributed by atoms with van der Waals surface area (Å²) in [7, 11) is 2.95. The van der Waals surface area contributed by atoms with Crippen molar-refractivity contribution in [3.05, 3.63) is 95.7 Å². The van der Waals surface area contributed by atoms with Gasteiger partial charge in [0.1, 0.15) is 17.2 Å². The number of aromatic nitrogens is 4. The molecule has 2 aliphatic rings. The molecule has 0 atom stereocenters. The lowest BCUT2D eigenvalue weighted by atomic mass is 9.92. The second-order valence-corrected chi connectivity index (χ2v) is 12.4. The molecule has 4 heterocycles. The van der Waals surface area contributed by atoms with Crippen LogP contribution in [0.25, 0.3) is 27.6 Å². The van der Waals surface area contributed by atoms with E-state index in [1.165, 1.54) is 13.3 Å². The van der Waals surface area contributed by atoms with Crippen LogP contribution in [0.5, 0.6) is 11.5 Å². The molecule has 7 rings (SSSR count). The van der Waals surface area contributed by atoms with Crippen molar-refractivity contribution in [1.82, 2.24) is 29.8 Å². The average molecular weight is 700 g/mol. The quantitative estimate of drug-likeness (QED) is 0.216. The second-order valence-electron chi connectivity index (χ2n) is 12.4. The Morgan fingerprint density at radius 2 is 1.63 bits per heavy atom. The first-order chi connectivity index (χ1) is 24.7. The summed E-state index contributed by atoms with van der Waals surface area (Å²) in [5.74, 6) is -2.50. The first-order valence-electron chi connectivity index (χ1n) is 16.6. The molecule has 2 aromatic heterocycles. The second kappa shape index (κ2) is 14.2. The summed E-state index contributed by atoms with van der Waals surface area (Å²) in [4.78, 5) is 35.6. The molecular formula is C37H36F3N7O4. The highest BCUT2D eigenvalue weighted by Crippen LogP contribution is 2.41. The van der Waals surface area contributed by atoms with Gasteiger partial charge in [-0.1, -0.05) is 23.4 Å². The van der Waals surface area contributed by atoms with Crippen LogP contribution in [0.2, 0.25) is 0 Å². The number of rotatable bonds is 9. The lowest BCUT2D eigenvalue weighted by Gasteiger charge is -2.36. The molecule has 1 saturated heterocycles. The highest BCUT2D eigenvalue weighted by atomic mass is 19.2. The zero-order chi connectivity index (χ0) is 35.6. The van der Waals surface area contributed by atoms with Gasteiger partial charge in [0.05, 0.1) is 38.2 Å². The molecule has 0 saturated carbocycles. The first kappa shape index (κ1) is 33.7. The summed E-state index contributed by atoms with van der Waals surface area (Å²) in [6, 6.07) is 12.7. The smallest absolute Gasteiger partial charge is 0.270 e. The van der Waals surface area contributed by atoms with Gasteiger partial charge < -0.3 is 29.2 Å². The predicted molar refractivity (Wildman–Crippen MR) is 185 cm³/mol. The Hall–Kier alpha value is -5.79. The van der Waals surface area contributed by atoms with Crippen LogP contribution in [0.1, 0.15) is 28.9 Å². The van der Waals surface area contributed by atoms with Gasteiger partial charge in [-0.3, -0.25) is 14.3 Å². The molecule has 1 N–H and O–H groups in total. The number of aromatic amines is 1. The number of hydrogen-bond donors (Lipinski definition) is 1. The van der Waals surface area contributed by atoms with Crippen molar-refractivity contribution < 1.29 is 32.2 Å². The summed E-state index contributed by atoms with van der Waals surface area (Å²) in [5, 5.41) is 7.97. The van der Waals surface area contributed by atoms with Crippen LogP contribution in [-0.2, 0) is 11.3 Å². The van der Waals surface area contributed by atoms with E-state index < -0.39 is 17.5 Å². The molecule has 2 amide bonds. The zero-order valence-corrected chi connectivity index (χ0v) is 28.2. The number of piperazine rings is 1. The number of hydrogen-bond acceptors (Lipinski definition) is 7. The van der Waals surface area contributed by atoms with Crippen molar-refractivity contribution in [2.75, 3.05) is 58.4 Å². The SMILES string of the molecule is COc1cc(F)c(F)cc1-c1cc(C2=CCCN(C(=O)CCn3ccnn3)C2)c(F)c2[nH]c(C(=O)N3CCN(c4ccccc4OC)CC3)cc12. The molecule has 0 spiro atoms. The van der Waals surface area contributed by atoms with E-state index in [2.05, 4.69) is 20.2 Å². The van der Waals surface area contributed by atoms with Gasteiger partial charge in [-0.05, 0) is 47.9 Å². The summed E-state index contributed by atoms with van der Waals surface area (Å²) in [5.41, 5.74) is 2.35. The fourth-order valence-corrected chi connectivity index (χ4v) is 6.82. The van der Waals surface area contributed by atoms with Crippen LogP contribution in [-0.4, -0.2) is 95.1 Å². The molecular weight excluding hydrogens is 663 g/mol. The molecule has 264 valence electrons. The van der Waals surface area contributed by atoms with Gasteiger partial charge >= 0.3 is 0 Å². The van der Waals surface area contributed by atoms with E-state index in [9.17, 15) is 18.4 Å². The number of methoxy groups -OCH3 is 2. The maximum absolute atomic E-state index is 16.7. The Labute approximate surface area is 291 Å².